The molecule has 0 fully saturated rings. The molecular formula is C18H18ClN5O2S2. The number of benzene rings is 1. The first-order valence-electron chi connectivity index (χ1n) is 8.41. The van der Waals surface area contributed by atoms with E-state index < -0.39 is 11.9 Å². The van der Waals surface area contributed by atoms with Crippen LogP contribution in [-0.4, -0.2) is 39.0 Å². The SMILES string of the molecule is Cn1c(SCC(=O)NC(=O)NCCc2cccs2)nnc1-c1ccc(Cl)cc1. The second-order valence-electron chi connectivity index (χ2n) is 5.79. The van der Waals surface area contributed by atoms with Gasteiger partial charge in [-0.15, -0.1) is 21.5 Å². The van der Waals surface area contributed by atoms with Crippen molar-refractivity contribution >= 4 is 46.6 Å². The molecule has 0 bridgehead atoms. The smallest absolute Gasteiger partial charge is 0.321 e. The summed E-state index contributed by atoms with van der Waals surface area (Å²) in [5.74, 6) is 0.339. The van der Waals surface area contributed by atoms with Crippen molar-refractivity contribution in [1.82, 2.24) is 25.4 Å². The highest BCUT2D eigenvalue weighted by Crippen LogP contribution is 2.23. The van der Waals surface area contributed by atoms with E-state index >= 15 is 0 Å². The summed E-state index contributed by atoms with van der Waals surface area (Å²) in [7, 11) is 1.82. The summed E-state index contributed by atoms with van der Waals surface area (Å²) in [6.45, 7) is 0.473. The Morgan fingerprint density at radius 1 is 1.21 bits per heavy atom. The molecule has 2 aromatic heterocycles. The Balaban J connectivity index is 1.45. The topological polar surface area (TPSA) is 88.9 Å². The summed E-state index contributed by atoms with van der Waals surface area (Å²) in [5, 5.41) is 16.5. The van der Waals surface area contributed by atoms with Gasteiger partial charge < -0.3 is 9.88 Å². The molecular weight excluding hydrogens is 418 g/mol. The fourth-order valence-electron chi connectivity index (χ4n) is 2.38. The van der Waals surface area contributed by atoms with Gasteiger partial charge in [-0.2, -0.15) is 0 Å². The number of urea groups is 1. The molecule has 0 atom stereocenters. The Morgan fingerprint density at radius 2 is 2.00 bits per heavy atom. The van der Waals surface area contributed by atoms with E-state index in [9.17, 15) is 9.59 Å². The molecule has 2 heterocycles. The molecule has 0 saturated heterocycles. The molecule has 0 aliphatic heterocycles. The van der Waals surface area contributed by atoms with Crippen LogP contribution < -0.4 is 10.6 Å². The van der Waals surface area contributed by atoms with Crippen LogP contribution in [0.4, 0.5) is 4.79 Å². The lowest BCUT2D eigenvalue weighted by Gasteiger charge is -2.06. The molecule has 10 heteroatoms. The minimum Gasteiger partial charge on any atom is -0.337 e. The summed E-state index contributed by atoms with van der Waals surface area (Å²) in [6, 6.07) is 10.7. The number of carbonyl (C=O) groups is 2. The maximum Gasteiger partial charge on any atom is 0.321 e. The minimum absolute atomic E-state index is 0.0605. The molecule has 0 aliphatic rings. The maximum atomic E-state index is 12.0. The Bertz CT molecular complexity index is 942. The third-order valence-electron chi connectivity index (χ3n) is 3.76. The molecule has 7 nitrogen and oxygen atoms in total. The highest BCUT2D eigenvalue weighted by Gasteiger charge is 2.14. The van der Waals surface area contributed by atoms with Crippen LogP contribution in [0.2, 0.25) is 5.02 Å². The standard InChI is InChI=1S/C18H18ClN5O2S2/c1-24-16(12-4-6-13(19)7-5-12)22-23-18(24)28-11-15(25)21-17(26)20-9-8-14-3-2-10-27-14/h2-7,10H,8-9,11H2,1H3,(H2,20,21,25,26). The van der Waals surface area contributed by atoms with E-state index in [1.165, 1.54) is 16.6 Å². The van der Waals surface area contributed by atoms with Gasteiger partial charge in [-0.25, -0.2) is 4.79 Å². The number of aromatic nitrogens is 3. The molecule has 28 heavy (non-hydrogen) atoms. The van der Waals surface area contributed by atoms with Crippen LogP contribution in [0, 0.1) is 0 Å². The van der Waals surface area contributed by atoms with Crippen LogP contribution in [0.3, 0.4) is 0 Å². The fraction of sp³-hybridized carbons (Fsp3) is 0.222. The fourth-order valence-corrected chi connectivity index (χ4v) is 3.93. The predicted molar refractivity (Wildman–Crippen MR) is 112 cm³/mol. The van der Waals surface area contributed by atoms with Crippen molar-refractivity contribution in [3.8, 4) is 11.4 Å². The van der Waals surface area contributed by atoms with Gasteiger partial charge in [-0.1, -0.05) is 29.4 Å². The van der Waals surface area contributed by atoms with Gasteiger partial charge in [-0.3, -0.25) is 10.1 Å². The van der Waals surface area contributed by atoms with Crippen molar-refractivity contribution in [2.24, 2.45) is 7.05 Å². The lowest BCUT2D eigenvalue weighted by Crippen LogP contribution is -2.41. The van der Waals surface area contributed by atoms with Gasteiger partial charge in [0, 0.05) is 29.1 Å². The largest absolute Gasteiger partial charge is 0.337 e. The van der Waals surface area contributed by atoms with Gasteiger partial charge in [-0.05, 0) is 42.1 Å². The number of hydrogen-bond acceptors (Lipinski definition) is 6. The third-order valence-corrected chi connectivity index (χ3v) is 5.97. The van der Waals surface area contributed by atoms with Crippen molar-refractivity contribution in [3.05, 3.63) is 51.7 Å². The van der Waals surface area contributed by atoms with Gasteiger partial charge in [0.25, 0.3) is 0 Å². The number of halogens is 1. The highest BCUT2D eigenvalue weighted by molar-refractivity contribution is 7.99. The molecule has 1 aromatic carbocycles. The number of imide groups is 1. The highest BCUT2D eigenvalue weighted by atomic mass is 35.5. The predicted octanol–water partition coefficient (Wildman–Crippen LogP) is 3.36. The molecule has 3 rings (SSSR count). The summed E-state index contributed by atoms with van der Waals surface area (Å²) in [5.41, 5.74) is 0.876. The van der Waals surface area contributed by atoms with Crippen LogP contribution in [0.25, 0.3) is 11.4 Å². The van der Waals surface area contributed by atoms with E-state index in [1.54, 1.807) is 28.0 Å². The normalized spacial score (nSPS) is 10.6. The first-order chi connectivity index (χ1) is 13.5. The van der Waals surface area contributed by atoms with Gasteiger partial charge in [0.05, 0.1) is 5.75 Å². The van der Waals surface area contributed by atoms with Crippen molar-refractivity contribution < 1.29 is 9.59 Å². The summed E-state index contributed by atoms with van der Waals surface area (Å²) in [6.07, 6.45) is 0.737. The van der Waals surface area contributed by atoms with Gasteiger partial charge in [0.15, 0.2) is 11.0 Å². The lowest BCUT2D eigenvalue weighted by atomic mass is 10.2. The van der Waals surface area contributed by atoms with Crippen molar-refractivity contribution in [2.75, 3.05) is 12.3 Å². The van der Waals surface area contributed by atoms with E-state index in [0.717, 1.165) is 12.0 Å². The Kier molecular flexibility index (Phi) is 7.07. The minimum atomic E-state index is -0.498. The lowest BCUT2D eigenvalue weighted by molar-refractivity contribution is -0.117. The number of nitrogens with one attached hydrogen (secondary N) is 2. The molecule has 3 amide bonds. The third kappa shape index (κ3) is 5.57. The van der Waals surface area contributed by atoms with Crippen molar-refractivity contribution in [2.45, 2.75) is 11.6 Å². The molecule has 146 valence electrons. The Labute approximate surface area is 175 Å². The Morgan fingerprint density at radius 3 is 2.71 bits per heavy atom. The summed E-state index contributed by atoms with van der Waals surface area (Å²) in [4.78, 5) is 24.9. The van der Waals surface area contributed by atoms with Crippen LogP contribution in [0.1, 0.15) is 4.88 Å². The van der Waals surface area contributed by atoms with Crippen molar-refractivity contribution in [1.29, 1.82) is 0 Å². The Hall–Kier alpha value is -2.36. The van der Waals surface area contributed by atoms with Crippen molar-refractivity contribution in [3.63, 3.8) is 0 Å². The van der Waals surface area contributed by atoms with Gasteiger partial charge in [0.1, 0.15) is 0 Å². The van der Waals surface area contributed by atoms with E-state index in [-0.39, 0.29) is 5.75 Å². The molecule has 0 saturated carbocycles. The molecule has 0 radical (unpaired) electrons. The van der Waals surface area contributed by atoms with E-state index in [4.69, 9.17) is 11.6 Å². The second-order valence-corrected chi connectivity index (χ2v) is 8.21. The summed E-state index contributed by atoms with van der Waals surface area (Å²) >= 11 is 8.75. The zero-order valence-electron chi connectivity index (χ0n) is 15.0. The van der Waals surface area contributed by atoms with Gasteiger partial charge in [0.2, 0.25) is 5.91 Å². The van der Waals surface area contributed by atoms with Crippen LogP contribution in [0.5, 0.6) is 0 Å². The quantitative estimate of drug-likeness (QED) is 0.555. The number of thioether (sulfide) groups is 1. The van der Waals surface area contributed by atoms with E-state index in [0.29, 0.717) is 22.5 Å². The number of amides is 3. The number of carbonyl (C=O) groups excluding carboxylic acids is 2. The van der Waals surface area contributed by atoms with Crippen LogP contribution in [0.15, 0.2) is 46.9 Å². The molecule has 2 N–H and O–H groups in total. The number of rotatable bonds is 7. The zero-order chi connectivity index (χ0) is 19.9. The van der Waals surface area contributed by atoms with E-state index in [2.05, 4.69) is 20.8 Å². The molecule has 0 unspecified atom stereocenters. The zero-order valence-corrected chi connectivity index (χ0v) is 17.4. The average Bonchev–Trinajstić information content (AvgIpc) is 3.31. The number of hydrogen-bond donors (Lipinski definition) is 2. The molecule has 0 aliphatic carbocycles. The number of nitrogens with zero attached hydrogens (tertiary/aromatic N) is 3. The average molecular weight is 436 g/mol. The second kappa shape index (κ2) is 9.72. The van der Waals surface area contributed by atoms with E-state index in [1.807, 2.05) is 36.7 Å². The summed E-state index contributed by atoms with van der Waals surface area (Å²) < 4.78 is 1.79. The molecule has 0 spiro atoms. The first-order valence-corrected chi connectivity index (χ1v) is 10.7. The van der Waals surface area contributed by atoms with Crippen LogP contribution in [-0.2, 0) is 18.3 Å². The molecule has 3 aromatic rings. The monoisotopic (exact) mass is 435 g/mol. The maximum absolute atomic E-state index is 12.0. The van der Waals surface area contributed by atoms with Crippen LogP contribution >= 0.6 is 34.7 Å². The number of thiophene rings is 1. The van der Waals surface area contributed by atoms with Gasteiger partial charge >= 0.3 is 6.03 Å². The first kappa shape index (κ1) is 20.4.